The summed E-state index contributed by atoms with van der Waals surface area (Å²) in [7, 11) is 0. The first kappa shape index (κ1) is 23.3. The molecule has 0 aliphatic carbocycles. The average Bonchev–Trinajstić information content (AvgIpc) is 3.27. The van der Waals surface area contributed by atoms with Gasteiger partial charge in [0.2, 0.25) is 5.91 Å². The number of aromatic nitrogens is 1. The first-order chi connectivity index (χ1) is 17.4. The Morgan fingerprint density at radius 1 is 0.917 bits per heavy atom. The second-order valence-electron chi connectivity index (χ2n) is 8.22. The maximum Gasteiger partial charge on any atom is 0.327 e. The van der Waals surface area contributed by atoms with Gasteiger partial charge in [-0.2, -0.15) is 0 Å². The molecule has 0 saturated carbocycles. The fourth-order valence-corrected chi connectivity index (χ4v) is 4.30. The predicted molar refractivity (Wildman–Crippen MR) is 138 cm³/mol. The zero-order chi connectivity index (χ0) is 25.2. The van der Waals surface area contributed by atoms with Crippen LogP contribution in [-0.2, 0) is 11.2 Å². The van der Waals surface area contributed by atoms with Gasteiger partial charge in [0, 0.05) is 41.1 Å². The Morgan fingerprint density at radius 3 is 2.42 bits per heavy atom. The van der Waals surface area contributed by atoms with Gasteiger partial charge in [-0.1, -0.05) is 35.9 Å². The van der Waals surface area contributed by atoms with Crippen molar-refractivity contribution >= 4 is 40.6 Å². The topological polar surface area (TPSA) is 83.4 Å². The monoisotopic (exact) mass is 502 g/mol. The molecule has 9 heteroatoms. The van der Waals surface area contributed by atoms with Crippen LogP contribution in [-0.4, -0.2) is 22.5 Å². The summed E-state index contributed by atoms with van der Waals surface area (Å²) < 4.78 is 16.2. The molecule has 3 aromatic carbocycles. The summed E-state index contributed by atoms with van der Waals surface area (Å²) in [6.07, 6.45) is 1.80. The minimum absolute atomic E-state index is 0.0539. The van der Waals surface area contributed by atoms with Gasteiger partial charge in [-0.05, 0) is 54.1 Å². The predicted octanol–water partition coefficient (Wildman–Crippen LogP) is 5.23. The molecule has 1 atom stereocenters. The molecule has 180 valence electrons. The number of fused-ring (bicyclic) bond motifs is 1. The number of benzene rings is 3. The van der Waals surface area contributed by atoms with Gasteiger partial charge in [0.1, 0.15) is 11.9 Å². The maximum atomic E-state index is 14.9. The lowest BCUT2D eigenvalue weighted by molar-refractivity contribution is -0.117. The van der Waals surface area contributed by atoms with Gasteiger partial charge in [0.05, 0.1) is 11.4 Å². The van der Waals surface area contributed by atoms with Gasteiger partial charge >= 0.3 is 6.03 Å². The summed E-state index contributed by atoms with van der Waals surface area (Å²) in [5, 5.41) is 5.91. The van der Waals surface area contributed by atoms with Gasteiger partial charge in [-0.25, -0.2) is 9.18 Å². The lowest BCUT2D eigenvalue weighted by Crippen LogP contribution is -2.47. The van der Waals surface area contributed by atoms with Gasteiger partial charge in [-0.15, -0.1) is 0 Å². The second-order valence-corrected chi connectivity index (χ2v) is 8.65. The number of pyridine rings is 1. The molecule has 1 aliphatic heterocycles. The fourth-order valence-electron chi connectivity index (χ4n) is 4.18. The van der Waals surface area contributed by atoms with Crippen LogP contribution >= 0.6 is 11.6 Å². The second kappa shape index (κ2) is 9.67. The summed E-state index contributed by atoms with van der Waals surface area (Å²) in [6, 6.07) is 21.2. The number of carbonyl (C=O) groups excluding carboxylic acids is 2. The highest BCUT2D eigenvalue weighted by Gasteiger charge is 2.38. The van der Waals surface area contributed by atoms with Crippen LogP contribution in [0.2, 0.25) is 5.02 Å². The van der Waals surface area contributed by atoms with Crippen molar-refractivity contribution in [3.05, 3.63) is 118 Å². The van der Waals surface area contributed by atoms with Crippen molar-refractivity contribution in [3.63, 3.8) is 0 Å². The summed E-state index contributed by atoms with van der Waals surface area (Å²) >= 11 is 5.93. The van der Waals surface area contributed by atoms with E-state index >= 15 is 0 Å². The number of hydrogen-bond acceptors (Lipinski definition) is 3. The third-order valence-corrected chi connectivity index (χ3v) is 6.16. The lowest BCUT2D eigenvalue weighted by atomic mass is 10.1. The molecule has 0 unspecified atom stereocenters. The van der Waals surface area contributed by atoms with E-state index in [4.69, 9.17) is 11.6 Å². The Balaban J connectivity index is 1.39. The number of para-hydroxylation sites is 1. The van der Waals surface area contributed by atoms with E-state index in [0.717, 1.165) is 5.56 Å². The van der Waals surface area contributed by atoms with Crippen LogP contribution < -0.4 is 21.1 Å². The van der Waals surface area contributed by atoms with Crippen LogP contribution in [0, 0.1) is 5.82 Å². The van der Waals surface area contributed by atoms with Crippen LogP contribution in [0.3, 0.4) is 0 Å². The molecular formula is C27H20ClFN4O3. The smallest absolute Gasteiger partial charge is 0.322 e. The zero-order valence-corrected chi connectivity index (χ0v) is 19.6. The van der Waals surface area contributed by atoms with Gasteiger partial charge in [0.15, 0.2) is 0 Å². The molecule has 3 amide bonds. The van der Waals surface area contributed by atoms with Gasteiger partial charge in [-0.3, -0.25) is 19.1 Å². The number of nitrogens with one attached hydrogen (secondary N) is 2. The molecule has 1 aliphatic rings. The molecule has 0 fully saturated rings. The van der Waals surface area contributed by atoms with Crippen LogP contribution in [0.25, 0.3) is 5.69 Å². The van der Waals surface area contributed by atoms with Crippen molar-refractivity contribution < 1.29 is 14.0 Å². The van der Waals surface area contributed by atoms with Crippen LogP contribution in [0.5, 0.6) is 0 Å². The molecule has 36 heavy (non-hydrogen) atoms. The summed E-state index contributed by atoms with van der Waals surface area (Å²) in [4.78, 5) is 39.9. The normalized spacial score (nSPS) is 14.3. The number of carbonyl (C=O) groups is 2. The largest absolute Gasteiger partial charge is 0.327 e. The van der Waals surface area contributed by atoms with Crippen molar-refractivity contribution in [2.45, 2.75) is 12.5 Å². The van der Waals surface area contributed by atoms with Crippen molar-refractivity contribution in [1.29, 1.82) is 0 Å². The lowest BCUT2D eigenvalue weighted by Gasteiger charge is -2.25. The summed E-state index contributed by atoms with van der Waals surface area (Å²) in [5.41, 5.74) is 1.91. The standard InChI is InChI=1S/C27H20ClFN4O3/c28-18-8-10-19(11-9-18)30-27(36)33-23-6-2-1-5-17(23)15-24(33)26(35)31-22-13-12-20(16-21(22)29)32-14-4-3-7-25(32)34/h1-14,16,24H,15H2,(H,30,36)(H,31,35)/t24-/m1/s1. The molecule has 7 nitrogen and oxygen atoms in total. The SMILES string of the molecule is O=C(Nc1ccc(-n2ccccc2=O)cc1F)[C@H]1Cc2ccccc2N1C(=O)Nc1ccc(Cl)cc1. The molecule has 2 N–H and O–H groups in total. The number of urea groups is 1. The van der Waals surface area contributed by atoms with E-state index in [1.165, 1.54) is 39.9 Å². The van der Waals surface area contributed by atoms with E-state index in [1.54, 1.807) is 48.5 Å². The van der Waals surface area contributed by atoms with Crippen LogP contribution in [0.15, 0.2) is 95.9 Å². The molecule has 0 radical (unpaired) electrons. The molecule has 1 aromatic heterocycles. The van der Waals surface area contributed by atoms with Crippen molar-refractivity contribution in [2.24, 2.45) is 0 Å². The van der Waals surface area contributed by atoms with E-state index in [2.05, 4.69) is 10.6 Å². The molecule has 0 spiro atoms. The van der Waals surface area contributed by atoms with Crippen molar-refractivity contribution in [2.75, 3.05) is 15.5 Å². The first-order valence-corrected chi connectivity index (χ1v) is 11.5. The summed E-state index contributed by atoms with van der Waals surface area (Å²) in [5.74, 6) is -1.25. The highest BCUT2D eigenvalue weighted by atomic mass is 35.5. The van der Waals surface area contributed by atoms with Gasteiger partial charge in [0.25, 0.3) is 5.56 Å². The van der Waals surface area contributed by atoms with Crippen molar-refractivity contribution in [1.82, 2.24) is 4.57 Å². The van der Waals surface area contributed by atoms with Crippen LogP contribution in [0.4, 0.5) is 26.2 Å². The Bertz CT molecular complexity index is 1520. The Morgan fingerprint density at radius 2 is 1.67 bits per heavy atom. The molecular weight excluding hydrogens is 483 g/mol. The number of nitrogens with zero attached hydrogens (tertiary/aromatic N) is 2. The Hall–Kier alpha value is -4.43. The summed E-state index contributed by atoms with van der Waals surface area (Å²) in [6.45, 7) is 0. The maximum absolute atomic E-state index is 14.9. The quantitative estimate of drug-likeness (QED) is 0.401. The van der Waals surface area contributed by atoms with Crippen molar-refractivity contribution in [3.8, 4) is 5.69 Å². The minimum Gasteiger partial charge on any atom is -0.322 e. The van der Waals surface area contributed by atoms with E-state index < -0.39 is 23.8 Å². The first-order valence-electron chi connectivity index (χ1n) is 11.1. The third-order valence-electron chi connectivity index (χ3n) is 5.90. The molecule has 0 saturated heterocycles. The third kappa shape index (κ3) is 4.58. The molecule has 4 aromatic rings. The molecule has 2 heterocycles. The van der Waals surface area contributed by atoms with E-state index in [0.29, 0.717) is 22.1 Å². The van der Waals surface area contributed by atoms with E-state index in [9.17, 15) is 18.8 Å². The zero-order valence-electron chi connectivity index (χ0n) is 18.8. The number of rotatable bonds is 4. The number of amides is 3. The Kier molecular flexibility index (Phi) is 6.26. The van der Waals surface area contributed by atoms with E-state index in [-0.39, 0.29) is 17.7 Å². The molecule has 5 rings (SSSR count). The highest BCUT2D eigenvalue weighted by molar-refractivity contribution is 6.30. The molecule has 0 bridgehead atoms. The fraction of sp³-hybridized carbons (Fsp3) is 0.0741. The van der Waals surface area contributed by atoms with Gasteiger partial charge < -0.3 is 10.6 Å². The number of halogens is 2. The number of hydrogen-bond donors (Lipinski definition) is 2. The Labute approximate surface area is 210 Å². The highest BCUT2D eigenvalue weighted by Crippen LogP contribution is 2.33. The van der Waals surface area contributed by atoms with Crippen LogP contribution in [0.1, 0.15) is 5.56 Å². The minimum atomic E-state index is -0.898. The number of anilines is 3. The average molecular weight is 503 g/mol. The van der Waals surface area contributed by atoms with E-state index in [1.807, 2.05) is 12.1 Å².